The van der Waals surface area contributed by atoms with Crippen LogP contribution in [-0.4, -0.2) is 49.3 Å². The molecule has 0 atom stereocenters. The fourth-order valence-electron chi connectivity index (χ4n) is 3.04. The average Bonchev–Trinajstić information content (AvgIpc) is 3.10. The third kappa shape index (κ3) is 3.97. The number of nitrogens with zero attached hydrogens (tertiary/aromatic N) is 3. The van der Waals surface area contributed by atoms with Crippen LogP contribution in [0.1, 0.15) is 29.3 Å². The molecule has 2 heterocycles. The number of anilines is 1. The molecule has 160 valence electrons. The van der Waals surface area contributed by atoms with Crippen LogP contribution < -0.4 is 9.04 Å². The van der Waals surface area contributed by atoms with E-state index in [-0.39, 0.29) is 18.1 Å². The van der Waals surface area contributed by atoms with Crippen molar-refractivity contribution in [3.63, 3.8) is 0 Å². The van der Waals surface area contributed by atoms with E-state index in [4.69, 9.17) is 4.74 Å². The summed E-state index contributed by atoms with van der Waals surface area (Å²) in [5, 5.41) is 7.09. The molecule has 8 nitrogen and oxygen atoms in total. The van der Waals surface area contributed by atoms with Gasteiger partial charge in [-0.2, -0.15) is 0 Å². The number of ketones is 1. The van der Waals surface area contributed by atoms with E-state index in [0.717, 1.165) is 16.4 Å². The molecule has 0 saturated carbocycles. The Hall–Kier alpha value is -3.08. The Morgan fingerprint density at radius 1 is 1.30 bits per heavy atom. The molecule has 1 aromatic carbocycles. The van der Waals surface area contributed by atoms with Crippen LogP contribution in [0.4, 0.5) is 14.5 Å². The number of carbonyl (C=O) groups is 1. The summed E-state index contributed by atoms with van der Waals surface area (Å²) in [6, 6.07) is 3.46. The Morgan fingerprint density at radius 2 is 2.03 bits per heavy atom. The number of halogens is 2. The summed E-state index contributed by atoms with van der Waals surface area (Å²) in [5.41, 5.74) is -0.364. The largest absolute Gasteiger partial charge is 0.479 e. The van der Waals surface area contributed by atoms with Crippen LogP contribution in [0, 0.1) is 11.6 Å². The van der Waals surface area contributed by atoms with Crippen molar-refractivity contribution in [3.05, 3.63) is 47.2 Å². The van der Waals surface area contributed by atoms with Crippen molar-refractivity contribution in [1.82, 2.24) is 15.2 Å². The average molecular weight is 438 g/mol. The first kappa shape index (κ1) is 21.6. The molecular formula is C19H20F2N4O4S. The fourth-order valence-corrected chi connectivity index (χ4v) is 4.27. The van der Waals surface area contributed by atoms with E-state index < -0.39 is 38.7 Å². The van der Waals surface area contributed by atoms with Crippen LogP contribution in [0.2, 0.25) is 0 Å². The van der Waals surface area contributed by atoms with Gasteiger partial charge in [-0.25, -0.2) is 22.2 Å². The van der Waals surface area contributed by atoms with E-state index in [0.29, 0.717) is 23.0 Å². The second-order valence-electron chi connectivity index (χ2n) is 6.61. The highest BCUT2D eigenvalue weighted by Gasteiger charge is 2.26. The second-order valence-corrected chi connectivity index (χ2v) is 8.73. The number of Topliss-reactive ketones (excluding diaryl/α,β-unsaturated/α-hetero) is 1. The minimum atomic E-state index is -3.80. The number of aromatic amines is 1. The molecule has 0 spiro atoms. The Kier molecular flexibility index (Phi) is 6.01. The summed E-state index contributed by atoms with van der Waals surface area (Å²) in [5.74, 6) is -3.08. The van der Waals surface area contributed by atoms with Gasteiger partial charge in [0.15, 0.2) is 17.2 Å². The highest BCUT2D eigenvalue weighted by molar-refractivity contribution is 7.92. The number of fused-ring (bicyclic) bond motifs is 1. The van der Waals surface area contributed by atoms with E-state index in [1.807, 2.05) is 0 Å². The quantitative estimate of drug-likeness (QED) is 0.542. The minimum Gasteiger partial charge on any atom is -0.479 e. The fraction of sp³-hybridized carbons (Fsp3) is 0.316. The van der Waals surface area contributed by atoms with Gasteiger partial charge in [0.2, 0.25) is 15.9 Å². The molecule has 0 saturated heterocycles. The van der Waals surface area contributed by atoms with Crippen LogP contribution in [0.15, 0.2) is 24.4 Å². The van der Waals surface area contributed by atoms with E-state index in [2.05, 4.69) is 15.2 Å². The van der Waals surface area contributed by atoms with Gasteiger partial charge in [0.1, 0.15) is 5.82 Å². The number of rotatable bonds is 8. The number of methoxy groups -OCH3 is 1. The number of hydrogen-bond acceptors (Lipinski definition) is 6. The molecule has 0 radical (unpaired) electrons. The molecule has 0 fully saturated rings. The molecule has 11 heteroatoms. The molecule has 0 bridgehead atoms. The molecule has 0 aliphatic carbocycles. The lowest BCUT2D eigenvalue weighted by Crippen LogP contribution is -2.30. The first-order chi connectivity index (χ1) is 14.2. The number of sulfonamides is 1. The number of benzene rings is 1. The van der Waals surface area contributed by atoms with Gasteiger partial charge in [-0.05, 0) is 30.2 Å². The Morgan fingerprint density at radius 3 is 2.70 bits per heavy atom. The molecule has 0 unspecified atom stereocenters. The molecule has 3 rings (SSSR count). The molecule has 0 amide bonds. The zero-order valence-corrected chi connectivity index (χ0v) is 17.4. The molecule has 1 N–H and O–H groups in total. The Labute approximate surface area is 171 Å². The Bertz CT molecular complexity index is 1210. The summed E-state index contributed by atoms with van der Waals surface area (Å²) in [6.07, 6.45) is 1.36. The molecule has 0 aliphatic rings. The predicted molar refractivity (Wildman–Crippen MR) is 107 cm³/mol. The normalized spacial score (nSPS) is 11.6. The van der Waals surface area contributed by atoms with Gasteiger partial charge < -0.3 is 4.74 Å². The molecule has 30 heavy (non-hydrogen) atoms. The first-order valence-electron chi connectivity index (χ1n) is 9.04. The number of ether oxygens (including phenoxy) is 1. The van der Waals surface area contributed by atoms with Crippen molar-refractivity contribution in [2.24, 2.45) is 0 Å². The number of aromatic nitrogens is 3. The van der Waals surface area contributed by atoms with Crippen molar-refractivity contribution in [2.75, 3.05) is 24.2 Å². The van der Waals surface area contributed by atoms with Gasteiger partial charge in [0.05, 0.1) is 29.5 Å². The summed E-state index contributed by atoms with van der Waals surface area (Å²) in [6.45, 7) is 1.67. The van der Waals surface area contributed by atoms with Gasteiger partial charge in [0.25, 0.3) is 0 Å². The van der Waals surface area contributed by atoms with Gasteiger partial charge in [-0.15, -0.1) is 5.10 Å². The maximum atomic E-state index is 15.0. The predicted octanol–water partition coefficient (Wildman–Crippen LogP) is 2.85. The summed E-state index contributed by atoms with van der Waals surface area (Å²) in [7, 11) is -1.21. The van der Waals surface area contributed by atoms with Crippen molar-refractivity contribution in [3.8, 4) is 5.88 Å². The topological polar surface area (TPSA) is 105 Å². The summed E-state index contributed by atoms with van der Waals surface area (Å²) >= 11 is 0. The van der Waals surface area contributed by atoms with Crippen molar-refractivity contribution >= 4 is 32.5 Å². The number of hydrogen-bond donors (Lipinski definition) is 1. The Balaban J connectivity index is 1.96. The smallest absolute Gasteiger partial charge is 0.241 e. The van der Waals surface area contributed by atoms with Crippen molar-refractivity contribution in [1.29, 1.82) is 0 Å². The van der Waals surface area contributed by atoms with Crippen LogP contribution in [0.3, 0.4) is 0 Å². The van der Waals surface area contributed by atoms with Crippen LogP contribution in [0.25, 0.3) is 11.0 Å². The van der Waals surface area contributed by atoms with Crippen molar-refractivity contribution < 1.29 is 26.7 Å². The second kappa shape index (κ2) is 8.34. The van der Waals surface area contributed by atoms with Gasteiger partial charge >= 0.3 is 0 Å². The number of carbonyl (C=O) groups excluding carboxylic acids is 1. The third-order valence-corrected chi connectivity index (χ3v) is 6.52. The molecule has 3 aromatic rings. The molecule has 0 aliphatic heterocycles. The van der Waals surface area contributed by atoms with Crippen molar-refractivity contribution in [2.45, 2.75) is 19.8 Å². The number of pyridine rings is 1. The lowest BCUT2D eigenvalue weighted by atomic mass is 10.0. The number of nitrogens with one attached hydrogen (secondary N) is 1. The van der Waals surface area contributed by atoms with Gasteiger partial charge in [0, 0.05) is 19.7 Å². The third-order valence-electron chi connectivity index (χ3n) is 4.56. The van der Waals surface area contributed by atoms with Crippen LogP contribution in [0.5, 0.6) is 5.88 Å². The lowest BCUT2D eigenvalue weighted by molar-refractivity contribution is 0.0985. The van der Waals surface area contributed by atoms with E-state index in [1.165, 1.54) is 20.4 Å². The van der Waals surface area contributed by atoms with Gasteiger partial charge in [-0.3, -0.25) is 14.2 Å². The summed E-state index contributed by atoms with van der Waals surface area (Å²) in [4.78, 5) is 16.8. The maximum Gasteiger partial charge on any atom is 0.241 e. The van der Waals surface area contributed by atoms with E-state index >= 15 is 4.39 Å². The molecular weight excluding hydrogens is 418 g/mol. The zero-order chi connectivity index (χ0) is 22.1. The monoisotopic (exact) mass is 438 g/mol. The number of H-pyrrole nitrogens is 1. The van der Waals surface area contributed by atoms with Crippen LogP contribution in [-0.2, 0) is 16.4 Å². The minimum absolute atomic E-state index is 0.207. The highest BCUT2D eigenvalue weighted by atomic mass is 32.2. The zero-order valence-electron chi connectivity index (χ0n) is 16.6. The highest BCUT2D eigenvalue weighted by Crippen LogP contribution is 2.28. The van der Waals surface area contributed by atoms with Gasteiger partial charge in [-0.1, -0.05) is 6.92 Å². The van der Waals surface area contributed by atoms with Crippen LogP contribution >= 0.6 is 0 Å². The maximum absolute atomic E-state index is 15.0. The first-order valence-corrected chi connectivity index (χ1v) is 10.6. The molecule has 2 aromatic heterocycles. The standard InChI is InChI=1S/C19H20F2N4O4S/c1-4-7-30(27,28)25(2)14-6-5-13(20)16(17(14)21)15(26)9-11-8-12-18(22-10-11)23-24-19(12)29-3/h5-6,8,10H,4,7,9H2,1-3H3,(H,22,23,24). The SMILES string of the molecule is CCCS(=O)(=O)N(C)c1ccc(F)c(C(=O)Cc2cnc3[nH]nc(OC)c3c2)c1F. The van der Waals surface area contributed by atoms with E-state index in [9.17, 15) is 17.6 Å². The van der Waals surface area contributed by atoms with E-state index in [1.54, 1.807) is 13.0 Å². The lowest BCUT2D eigenvalue weighted by Gasteiger charge is -2.21. The summed E-state index contributed by atoms with van der Waals surface area (Å²) < 4.78 is 59.7.